The van der Waals surface area contributed by atoms with Gasteiger partial charge >= 0.3 is 0 Å². The molecular formula is C14H11F4NS. The molecule has 0 spiro atoms. The Bertz CT molecular complexity index is 572. The number of alkyl halides is 2. The summed E-state index contributed by atoms with van der Waals surface area (Å²) in [5.41, 5.74) is 1.00. The number of benzene rings is 2. The van der Waals surface area contributed by atoms with Crippen molar-refractivity contribution in [2.24, 2.45) is 0 Å². The molecule has 2 rings (SSSR count). The molecule has 0 saturated heterocycles. The number of rotatable bonds is 5. The van der Waals surface area contributed by atoms with Crippen molar-refractivity contribution in [2.45, 2.75) is 17.2 Å². The number of halogens is 4. The van der Waals surface area contributed by atoms with Crippen LogP contribution >= 0.6 is 11.8 Å². The normalized spacial score (nSPS) is 10.8. The molecule has 2 aromatic rings. The van der Waals surface area contributed by atoms with E-state index in [0.29, 0.717) is 27.9 Å². The molecule has 0 amide bonds. The largest absolute Gasteiger partial charge is 0.381 e. The highest BCUT2D eigenvalue weighted by Gasteiger charge is 2.06. The molecule has 0 bridgehead atoms. The van der Waals surface area contributed by atoms with Crippen LogP contribution in [0.2, 0.25) is 0 Å². The first-order valence-corrected chi connectivity index (χ1v) is 6.65. The van der Waals surface area contributed by atoms with E-state index in [1.807, 2.05) is 0 Å². The van der Waals surface area contributed by atoms with Crippen LogP contribution in [0, 0.1) is 11.6 Å². The van der Waals surface area contributed by atoms with E-state index in [0.717, 1.165) is 6.07 Å². The van der Waals surface area contributed by atoms with E-state index in [2.05, 4.69) is 5.32 Å². The van der Waals surface area contributed by atoms with Gasteiger partial charge in [-0.15, -0.1) is 0 Å². The van der Waals surface area contributed by atoms with Gasteiger partial charge in [-0.2, -0.15) is 8.78 Å². The number of hydrogen-bond donors (Lipinski definition) is 1. The smallest absolute Gasteiger partial charge is 0.288 e. The minimum absolute atomic E-state index is 0.188. The second kappa shape index (κ2) is 6.65. The molecule has 6 heteroatoms. The third-order valence-corrected chi connectivity index (χ3v) is 3.30. The highest BCUT2D eigenvalue weighted by molar-refractivity contribution is 7.99. The van der Waals surface area contributed by atoms with E-state index in [9.17, 15) is 17.6 Å². The fourth-order valence-corrected chi connectivity index (χ4v) is 2.12. The van der Waals surface area contributed by atoms with Gasteiger partial charge in [-0.25, -0.2) is 8.78 Å². The zero-order valence-corrected chi connectivity index (χ0v) is 11.1. The molecule has 0 fully saturated rings. The van der Waals surface area contributed by atoms with Crippen molar-refractivity contribution in [1.29, 1.82) is 0 Å². The van der Waals surface area contributed by atoms with E-state index in [1.165, 1.54) is 12.1 Å². The van der Waals surface area contributed by atoms with Crippen molar-refractivity contribution >= 4 is 17.4 Å². The van der Waals surface area contributed by atoms with E-state index >= 15 is 0 Å². The topological polar surface area (TPSA) is 12.0 Å². The van der Waals surface area contributed by atoms with Gasteiger partial charge in [0.15, 0.2) is 0 Å². The summed E-state index contributed by atoms with van der Waals surface area (Å²) in [5.74, 6) is -3.70. The van der Waals surface area contributed by atoms with Crippen molar-refractivity contribution in [3.05, 3.63) is 59.7 Å². The molecule has 0 saturated carbocycles. The number of thioether (sulfide) groups is 1. The van der Waals surface area contributed by atoms with Gasteiger partial charge in [0.25, 0.3) is 5.76 Å². The van der Waals surface area contributed by atoms with E-state index in [1.54, 1.807) is 24.3 Å². The van der Waals surface area contributed by atoms with Gasteiger partial charge in [0.2, 0.25) is 0 Å². The minimum atomic E-state index is -2.46. The third kappa shape index (κ3) is 4.16. The average Bonchev–Trinajstić information content (AvgIpc) is 2.39. The Kier molecular flexibility index (Phi) is 4.89. The predicted octanol–water partition coefficient (Wildman–Crippen LogP) is 4.89. The Morgan fingerprint density at radius 2 is 1.70 bits per heavy atom. The molecule has 1 N–H and O–H groups in total. The highest BCUT2D eigenvalue weighted by Crippen LogP contribution is 2.26. The summed E-state index contributed by atoms with van der Waals surface area (Å²) in [5, 5.41) is 2.94. The van der Waals surface area contributed by atoms with Gasteiger partial charge in [0.05, 0.1) is 0 Å². The van der Waals surface area contributed by atoms with Crippen LogP contribution < -0.4 is 5.32 Å². The van der Waals surface area contributed by atoms with Gasteiger partial charge < -0.3 is 5.32 Å². The lowest BCUT2D eigenvalue weighted by Gasteiger charge is -2.08. The van der Waals surface area contributed by atoms with Crippen LogP contribution in [0.5, 0.6) is 0 Å². The predicted molar refractivity (Wildman–Crippen MR) is 72.0 cm³/mol. The number of anilines is 1. The van der Waals surface area contributed by atoms with E-state index < -0.39 is 17.4 Å². The molecule has 0 unspecified atom stereocenters. The van der Waals surface area contributed by atoms with Gasteiger partial charge in [-0.05, 0) is 30.3 Å². The van der Waals surface area contributed by atoms with Crippen LogP contribution in [0.1, 0.15) is 5.56 Å². The van der Waals surface area contributed by atoms with Crippen molar-refractivity contribution in [1.82, 2.24) is 0 Å². The average molecular weight is 301 g/mol. The fraction of sp³-hybridized carbons (Fsp3) is 0.143. The summed E-state index contributed by atoms with van der Waals surface area (Å²) in [6, 6.07) is 9.74. The third-order valence-electron chi connectivity index (χ3n) is 2.58. The molecule has 106 valence electrons. The number of nitrogens with one attached hydrogen (secondary N) is 1. The maximum Gasteiger partial charge on any atom is 0.288 e. The summed E-state index contributed by atoms with van der Waals surface area (Å²) in [4.78, 5) is 0.457. The zero-order chi connectivity index (χ0) is 14.5. The lowest BCUT2D eigenvalue weighted by Crippen LogP contribution is -2.02. The summed E-state index contributed by atoms with van der Waals surface area (Å²) < 4.78 is 50.4. The standard InChI is InChI=1S/C14H11F4NS/c15-10-2-1-9(13(16)7-10)8-19-11-3-5-12(6-4-11)20-14(17)18/h1-7,14,19H,8H2. The van der Waals surface area contributed by atoms with Crippen molar-refractivity contribution in [2.75, 3.05) is 5.32 Å². The molecule has 0 aliphatic rings. The summed E-state index contributed by atoms with van der Waals surface area (Å²) in [7, 11) is 0. The van der Waals surface area contributed by atoms with Crippen LogP contribution in [-0.4, -0.2) is 5.76 Å². The minimum Gasteiger partial charge on any atom is -0.381 e. The summed E-state index contributed by atoms with van der Waals surface area (Å²) in [6.07, 6.45) is 0. The summed E-state index contributed by atoms with van der Waals surface area (Å²) in [6.45, 7) is 0.188. The molecule has 0 aromatic heterocycles. The molecular weight excluding hydrogens is 290 g/mol. The first kappa shape index (κ1) is 14.7. The Morgan fingerprint density at radius 1 is 1.00 bits per heavy atom. The Balaban J connectivity index is 1.96. The SMILES string of the molecule is Fc1ccc(CNc2ccc(SC(F)F)cc2)c(F)c1. The second-order valence-electron chi connectivity index (χ2n) is 3.99. The van der Waals surface area contributed by atoms with Gasteiger partial charge in [-0.3, -0.25) is 0 Å². The molecule has 1 nitrogen and oxygen atoms in total. The lowest BCUT2D eigenvalue weighted by molar-refractivity contribution is 0.252. The fourth-order valence-electron chi connectivity index (χ4n) is 1.62. The van der Waals surface area contributed by atoms with Gasteiger partial charge in [0.1, 0.15) is 11.6 Å². The van der Waals surface area contributed by atoms with Gasteiger partial charge in [-0.1, -0.05) is 17.8 Å². The molecule has 20 heavy (non-hydrogen) atoms. The van der Waals surface area contributed by atoms with E-state index in [4.69, 9.17) is 0 Å². The number of hydrogen-bond acceptors (Lipinski definition) is 2. The Morgan fingerprint density at radius 3 is 2.30 bits per heavy atom. The van der Waals surface area contributed by atoms with Crippen LogP contribution in [0.25, 0.3) is 0 Å². The lowest BCUT2D eigenvalue weighted by atomic mass is 10.2. The van der Waals surface area contributed by atoms with E-state index in [-0.39, 0.29) is 6.54 Å². The van der Waals surface area contributed by atoms with Crippen LogP contribution in [0.4, 0.5) is 23.2 Å². The molecule has 0 radical (unpaired) electrons. The monoisotopic (exact) mass is 301 g/mol. The molecule has 0 aliphatic carbocycles. The van der Waals surface area contributed by atoms with Crippen LogP contribution in [0.3, 0.4) is 0 Å². The van der Waals surface area contributed by atoms with Crippen molar-refractivity contribution in [3.8, 4) is 0 Å². The Hall–Kier alpha value is -1.69. The summed E-state index contributed by atoms with van der Waals surface area (Å²) >= 11 is 0.463. The van der Waals surface area contributed by atoms with Crippen molar-refractivity contribution in [3.63, 3.8) is 0 Å². The van der Waals surface area contributed by atoms with Crippen LogP contribution in [-0.2, 0) is 6.54 Å². The van der Waals surface area contributed by atoms with Gasteiger partial charge in [0, 0.05) is 28.8 Å². The van der Waals surface area contributed by atoms with Crippen LogP contribution in [0.15, 0.2) is 47.4 Å². The molecule has 2 aromatic carbocycles. The van der Waals surface area contributed by atoms with Crippen molar-refractivity contribution < 1.29 is 17.6 Å². The Labute approximate surface area is 118 Å². The zero-order valence-electron chi connectivity index (χ0n) is 10.2. The molecule has 0 atom stereocenters. The molecule has 0 heterocycles. The molecule has 0 aliphatic heterocycles. The quantitative estimate of drug-likeness (QED) is 0.623. The maximum absolute atomic E-state index is 13.4. The second-order valence-corrected chi connectivity index (χ2v) is 5.06. The first-order chi connectivity index (χ1) is 9.54. The highest BCUT2D eigenvalue weighted by atomic mass is 32.2. The maximum atomic E-state index is 13.4. The first-order valence-electron chi connectivity index (χ1n) is 5.77.